The van der Waals surface area contributed by atoms with Crippen molar-refractivity contribution in [1.82, 2.24) is 19.3 Å². The number of nitrogens with one attached hydrogen (secondary N) is 2. The van der Waals surface area contributed by atoms with Gasteiger partial charge in [0.2, 0.25) is 11.5 Å². The molecule has 3 N–H and O–H groups in total. The van der Waals surface area contributed by atoms with Gasteiger partial charge in [0.25, 0.3) is 0 Å². The Morgan fingerprint density at radius 3 is 2.58 bits per heavy atom. The summed E-state index contributed by atoms with van der Waals surface area (Å²) in [5.74, 6) is 0.585. The van der Waals surface area contributed by atoms with E-state index in [-0.39, 0.29) is 11.7 Å². The number of hydrogen-bond acceptors (Lipinski definition) is 7. The van der Waals surface area contributed by atoms with Crippen LogP contribution in [0.25, 0.3) is 11.0 Å². The van der Waals surface area contributed by atoms with Crippen molar-refractivity contribution in [3.05, 3.63) is 28.7 Å². The SMILES string of the molecule is CSN1CCC(Nc2ncc3ccc(=O)[nH]c3n2)CC1.OC1CCCC1. The molecule has 0 spiro atoms. The maximum Gasteiger partial charge on any atom is 0.249 e. The monoisotopic (exact) mass is 377 g/mol. The van der Waals surface area contributed by atoms with Gasteiger partial charge in [0.15, 0.2) is 0 Å². The lowest BCUT2D eigenvalue weighted by atomic mass is 10.1. The third kappa shape index (κ3) is 5.43. The third-order valence-corrected chi connectivity index (χ3v) is 5.72. The van der Waals surface area contributed by atoms with Gasteiger partial charge in [0, 0.05) is 36.8 Å². The van der Waals surface area contributed by atoms with E-state index in [1.807, 2.05) is 0 Å². The van der Waals surface area contributed by atoms with Crippen LogP contribution in [0.15, 0.2) is 23.1 Å². The van der Waals surface area contributed by atoms with Gasteiger partial charge in [-0.15, -0.1) is 0 Å². The molecule has 1 saturated heterocycles. The minimum Gasteiger partial charge on any atom is -0.393 e. The molecule has 2 aliphatic rings. The van der Waals surface area contributed by atoms with Crippen molar-refractivity contribution in [2.24, 2.45) is 0 Å². The van der Waals surface area contributed by atoms with E-state index in [0.717, 1.165) is 44.2 Å². The smallest absolute Gasteiger partial charge is 0.249 e. The van der Waals surface area contributed by atoms with Crippen LogP contribution in [-0.2, 0) is 0 Å². The predicted molar refractivity (Wildman–Crippen MR) is 106 cm³/mol. The number of hydrogen-bond donors (Lipinski definition) is 3. The minimum atomic E-state index is -0.143. The lowest BCUT2D eigenvalue weighted by Gasteiger charge is -2.30. The van der Waals surface area contributed by atoms with E-state index in [4.69, 9.17) is 5.11 Å². The van der Waals surface area contributed by atoms with Gasteiger partial charge in [-0.3, -0.25) is 9.10 Å². The van der Waals surface area contributed by atoms with Crippen molar-refractivity contribution in [2.45, 2.75) is 50.7 Å². The van der Waals surface area contributed by atoms with Crippen molar-refractivity contribution >= 4 is 28.9 Å². The summed E-state index contributed by atoms with van der Waals surface area (Å²) in [4.78, 5) is 22.7. The van der Waals surface area contributed by atoms with E-state index in [0.29, 0.717) is 17.6 Å². The van der Waals surface area contributed by atoms with E-state index in [1.165, 1.54) is 18.9 Å². The Bertz CT molecular complexity index is 755. The Balaban J connectivity index is 0.000000278. The number of aliphatic hydroxyl groups is 1. The van der Waals surface area contributed by atoms with Crippen LogP contribution in [0.5, 0.6) is 0 Å². The Kier molecular flexibility index (Phi) is 6.87. The zero-order valence-electron chi connectivity index (χ0n) is 15.1. The number of fused-ring (bicyclic) bond motifs is 1. The standard InChI is InChI=1S/C13H17N5OS.C5H10O/c1-20-18-6-4-10(5-7-18)15-13-14-8-9-2-3-11(19)16-12(9)17-13;6-5-3-1-2-4-5/h2-3,8,10H,4-7H2,1H3,(H2,14,15,16,17,19);5-6H,1-4H2. The van der Waals surface area contributed by atoms with E-state index in [9.17, 15) is 4.79 Å². The number of anilines is 1. The molecule has 0 bridgehead atoms. The normalized spacial score (nSPS) is 19.3. The second-order valence-electron chi connectivity index (χ2n) is 6.79. The van der Waals surface area contributed by atoms with Gasteiger partial charge in [0.1, 0.15) is 5.65 Å². The summed E-state index contributed by atoms with van der Waals surface area (Å²) in [6.07, 6.45) is 10.6. The maximum absolute atomic E-state index is 11.3. The highest BCUT2D eigenvalue weighted by Crippen LogP contribution is 2.19. The molecule has 2 aromatic rings. The van der Waals surface area contributed by atoms with Gasteiger partial charge in [-0.1, -0.05) is 24.8 Å². The van der Waals surface area contributed by atoms with E-state index in [1.54, 1.807) is 24.2 Å². The Morgan fingerprint density at radius 1 is 1.23 bits per heavy atom. The number of pyridine rings is 1. The lowest BCUT2D eigenvalue weighted by molar-refractivity contribution is 0.183. The Hall–Kier alpha value is -1.64. The molecule has 2 fully saturated rings. The van der Waals surface area contributed by atoms with Gasteiger partial charge >= 0.3 is 0 Å². The first-order valence-electron chi connectivity index (χ1n) is 9.24. The molecule has 1 aliphatic carbocycles. The number of aromatic amines is 1. The molecule has 2 aromatic heterocycles. The highest BCUT2D eigenvalue weighted by atomic mass is 32.2. The first kappa shape index (κ1) is 19.1. The largest absolute Gasteiger partial charge is 0.393 e. The minimum absolute atomic E-state index is 0.0463. The summed E-state index contributed by atoms with van der Waals surface area (Å²) >= 11 is 1.79. The number of aromatic nitrogens is 3. The van der Waals surface area contributed by atoms with Gasteiger partial charge in [-0.05, 0) is 38.0 Å². The number of aliphatic hydroxyl groups excluding tert-OH is 1. The quantitative estimate of drug-likeness (QED) is 0.707. The summed E-state index contributed by atoms with van der Waals surface area (Å²) in [5.41, 5.74) is 0.437. The topological polar surface area (TPSA) is 94.1 Å². The van der Waals surface area contributed by atoms with Crippen molar-refractivity contribution in [3.8, 4) is 0 Å². The summed E-state index contributed by atoms with van der Waals surface area (Å²) in [7, 11) is 0. The molecule has 142 valence electrons. The zero-order valence-corrected chi connectivity index (χ0v) is 16.0. The zero-order chi connectivity index (χ0) is 18.4. The molecule has 0 amide bonds. The molecule has 0 aromatic carbocycles. The number of piperidine rings is 1. The fourth-order valence-corrected chi connectivity index (χ4v) is 3.85. The molecule has 1 saturated carbocycles. The van der Waals surface area contributed by atoms with Crippen LogP contribution in [0.1, 0.15) is 38.5 Å². The second kappa shape index (κ2) is 9.34. The Morgan fingerprint density at radius 2 is 1.96 bits per heavy atom. The van der Waals surface area contributed by atoms with Crippen LogP contribution < -0.4 is 10.9 Å². The molecule has 0 atom stereocenters. The molecule has 7 nitrogen and oxygen atoms in total. The molecule has 8 heteroatoms. The van der Waals surface area contributed by atoms with Crippen molar-refractivity contribution in [1.29, 1.82) is 0 Å². The van der Waals surface area contributed by atoms with Crippen molar-refractivity contribution < 1.29 is 5.11 Å². The Labute approximate surface area is 157 Å². The summed E-state index contributed by atoms with van der Waals surface area (Å²) in [5, 5.41) is 12.9. The van der Waals surface area contributed by atoms with Gasteiger partial charge in [0.05, 0.1) is 6.10 Å². The fraction of sp³-hybridized carbons (Fsp3) is 0.611. The molecule has 1 aliphatic heterocycles. The van der Waals surface area contributed by atoms with Crippen LogP contribution in [0.2, 0.25) is 0 Å². The first-order valence-corrected chi connectivity index (χ1v) is 10.4. The van der Waals surface area contributed by atoms with Crippen LogP contribution >= 0.6 is 11.9 Å². The summed E-state index contributed by atoms with van der Waals surface area (Å²) in [6, 6.07) is 3.61. The molecule has 0 radical (unpaired) electrons. The molecule has 0 unspecified atom stereocenters. The van der Waals surface area contributed by atoms with Crippen LogP contribution in [0.3, 0.4) is 0 Å². The van der Waals surface area contributed by atoms with Crippen LogP contribution in [0, 0.1) is 0 Å². The average Bonchev–Trinajstić information content (AvgIpc) is 3.13. The number of rotatable bonds is 3. The van der Waals surface area contributed by atoms with Gasteiger partial charge in [-0.25, -0.2) is 4.98 Å². The third-order valence-electron chi connectivity index (χ3n) is 4.84. The number of nitrogens with zero attached hydrogens (tertiary/aromatic N) is 3. The van der Waals surface area contributed by atoms with Gasteiger partial charge < -0.3 is 15.4 Å². The first-order chi connectivity index (χ1) is 12.6. The highest BCUT2D eigenvalue weighted by molar-refractivity contribution is 7.96. The van der Waals surface area contributed by atoms with E-state index < -0.39 is 0 Å². The molecule has 26 heavy (non-hydrogen) atoms. The molecule has 3 heterocycles. The van der Waals surface area contributed by atoms with Crippen LogP contribution in [0.4, 0.5) is 5.95 Å². The summed E-state index contributed by atoms with van der Waals surface area (Å²) in [6.45, 7) is 2.15. The number of H-pyrrole nitrogens is 1. The van der Waals surface area contributed by atoms with Crippen molar-refractivity contribution in [2.75, 3.05) is 24.7 Å². The fourth-order valence-electron chi connectivity index (χ4n) is 3.28. The molecular weight excluding hydrogens is 350 g/mol. The molecule has 4 rings (SSSR count). The highest BCUT2D eigenvalue weighted by Gasteiger charge is 2.19. The summed E-state index contributed by atoms with van der Waals surface area (Å²) < 4.78 is 2.36. The lowest BCUT2D eigenvalue weighted by Crippen LogP contribution is -2.35. The van der Waals surface area contributed by atoms with Crippen LogP contribution in [-0.4, -0.2) is 55.9 Å². The van der Waals surface area contributed by atoms with E-state index in [2.05, 4.69) is 30.8 Å². The van der Waals surface area contributed by atoms with Gasteiger partial charge in [-0.2, -0.15) is 4.98 Å². The maximum atomic E-state index is 11.3. The molecular formula is C18H27N5O2S. The predicted octanol–water partition coefficient (Wildman–Crippen LogP) is 2.39. The van der Waals surface area contributed by atoms with E-state index >= 15 is 0 Å². The van der Waals surface area contributed by atoms with Crippen molar-refractivity contribution in [3.63, 3.8) is 0 Å². The second-order valence-corrected chi connectivity index (χ2v) is 7.67. The average molecular weight is 378 g/mol.